The van der Waals surface area contributed by atoms with Crippen LogP contribution in [0.15, 0.2) is 12.5 Å². The molecule has 2 N–H and O–H groups in total. The van der Waals surface area contributed by atoms with Gasteiger partial charge in [0, 0.05) is 0 Å². The molecule has 6 heteroatoms. The zero-order valence-corrected chi connectivity index (χ0v) is 4.97. The summed E-state index contributed by atoms with van der Waals surface area (Å²) in [6.07, 6.45) is 2.88. The van der Waals surface area contributed by atoms with Gasteiger partial charge in [0.05, 0.1) is 6.20 Å². The summed E-state index contributed by atoms with van der Waals surface area (Å²) in [5, 5.41) is 11.1. The number of nitrogen functional groups attached to an aromatic ring is 1. The number of rotatable bonds is 0. The summed E-state index contributed by atoms with van der Waals surface area (Å²) in [5.74, 6) is 0.807. The Labute approximate surface area is 55.7 Å². The van der Waals surface area contributed by atoms with Crippen molar-refractivity contribution in [2.24, 2.45) is 0 Å². The van der Waals surface area contributed by atoms with Crippen molar-refractivity contribution in [3.63, 3.8) is 0 Å². The second kappa shape index (κ2) is 1.63. The maximum absolute atomic E-state index is 5.33. The van der Waals surface area contributed by atoms with E-state index in [4.69, 9.17) is 5.73 Å². The maximum Gasteiger partial charge on any atom is 0.271 e. The molecule has 10 heavy (non-hydrogen) atoms. The first-order valence-electron chi connectivity index (χ1n) is 2.65. The largest absolute Gasteiger partial charge is 0.381 e. The average Bonchev–Trinajstić information content (AvgIpc) is 2.33. The molecule has 2 aromatic rings. The van der Waals surface area contributed by atoms with Crippen molar-refractivity contribution in [2.75, 3.05) is 5.73 Å². The Morgan fingerprint density at radius 3 is 3.30 bits per heavy atom. The third kappa shape index (κ3) is 0.586. The van der Waals surface area contributed by atoms with E-state index in [1.807, 2.05) is 0 Å². The van der Waals surface area contributed by atoms with E-state index in [0.29, 0.717) is 11.6 Å². The van der Waals surface area contributed by atoms with Gasteiger partial charge in [-0.1, -0.05) is 0 Å². The molecule has 0 saturated carbocycles. The summed E-state index contributed by atoms with van der Waals surface area (Å²) in [5.41, 5.74) is 5.33. The standard InChI is InChI=1S/C4H4N6/c5-3-1-6-4-8-7-2-10(4)9-3/h1-2H,(H2,5,9). The Morgan fingerprint density at radius 2 is 2.40 bits per heavy atom. The van der Waals surface area contributed by atoms with Crippen molar-refractivity contribution in [2.45, 2.75) is 0 Å². The molecule has 0 amide bonds. The Balaban J connectivity index is 2.86. The minimum atomic E-state index is 0.354. The summed E-state index contributed by atoms with van der Waals surface area (Å²) in [6, 6.07) is 0. The highest BCUT2D eigenvalue weighted by molar-refractivity contribution is 5.29. The molecule has 2 rings (SSSR count). The zero-order chi connectivity index (χ0) is 6.97. The number of hydrogen-bond donors (Lipinski definition) is 1. The number of fused-ring (bicyclic) bond motifs is 1. The van der Waals surface area contributed by atoms with Crippen molar-refractivity contribution < 1.29 is 0 Å². The van der Waals surface area contributed by atoms with E-state index in [1.54, 1.807) is 0 Å². The van der Waals surface area contributed by atoms with Gasteiger partial charge >= 0.3 is 0 Å². The van der Waals surface area contributed by atoms with Crippen LogP contribution in [0, 0.1) is 0 Å². The highest BCUT2D eigenvalue weighted by atomic mass is 15.4. The van der Waals surface area contributed by atoms with E-state index in [-0.39, 0.29) is 0 Å². The molecule has 0 aliphatic carbocycles. The second-order valence-electron chi connectivity index (χ2n) is 1.76. The SMILES string of the molecule is Nc1cnc2nncn2n1. The maximum atomic E-state index is 5.33. The van der Waals surface area contributed by atoms with Crippen molar-refractivity contribution in [1.82, 2.24) is 24.8 Å². The van der Waals surface area contributed by atoms with Crippen molar-refractivity contribution >= 4 is 11.6 Å². The molecule has 0 spiro atoms. The third-order valence-corrected chi connectivity index (χ3v) is 1.05. The van der Waals surface area contributed by atoms with Crippen molar-refractivity contribution in [3.05, 3.63) is 12.5 Å². The summed E-state index contributed by atoms with van der Waals surface area (Å²) < 4.78 is 1.41. The summed E-state index contributed by atoms with van der Waals surface area (Å²) in [7, 11) is 0. The average molecular weight is 136 g/mol. The Hall–Kier alpha value is -1.72. The first-order chi connectivity index (χ1) is 4.86. The molecule has 0 unspecified atom stereocenters. The molecule has 2 heterocycles. The Bertz CT molecular complexity index is 351. The monoisotopic (exact) mass is 136 g/mol. The van der Waals surface area contributed by atoms with E-state index in [0.717, 1.165) is 0 Å². The van der Waals surface area contributed by atoms with Crippen LogP contribution in [0.3, 0.4) is 0 Å². The van der Waals surface area contributed by atoms with E-state index in [9.17, 15) is 0 Å². The lowest BCUT2D eigenvalue weighted by atomic mass is 10.8. The molecule has 50 valence electrons. The van der Waals surface area contributed by atoms with Crippen LogP contribution in [0.4, 0.5) is 5.82 Å². The quantitative estimate of drug-likeness (QED) is 0.507. The van der Waals surface area contributed by atoms with Gasteiger partial charge in [0.2, 0.25) is 0 Å². The Morgan fingerprint density at radius 1 is 1.50 bits per heavy atom. The predicted octanol–water partition coefficient (Wildman–Crippen LogP) is -0.899. The Kier molecular flexibility index (Phi) is 0.830. The van der Waals surface area contributed by atoms with E-state index < -0.39 is 0 Å². The van der Waals surface area contributed by atoms with Gasteiger partial charge in [0.1, 0.15) is 6.33 Å². The lowest BCUT2D eigenvalue weighted by Gasteiger charge is -1.89. The van der Waals surface area contributed by atoms with E-state index in [1.165, 1.54) is 17.0 Å². The number of nitrogens with zero attached hydrogens (tertiary/aromatic N) is 5. The van der Waals surface area contributed by atoms with Gasteiger partial charge in [-0.2, -0.15) is 4.52 Å². The first-order valence-corrected chi connectivity index (χ1v) is 2.65. The number of aromatic nitrogens is 5. The number of anilines is 1. The molecule has 0 aliphatic heterocycles. The van der Waals surface area contributed by atoms with Gasteiger partial charge in [-0.25, -0.2) is 4.98 Å². The molecule has 0 atom stereocenters. The minimum absolute atomic E-state index is 0.354. The van der Waals surface area contributed by atoms with Gasteiger partial charge in [0.25, 0.3) is 5.78 Å². The summed E-state index contributed by atoms with van der Waals surface area (Å²) in [6.45, 7) is 0. The van der Waals surface area contributed by atoms with Crippen LogP contribution in [-0.4, -0.2) is 24.8 Å². The van der Waals surface area contributed by atoms with Crippen molar-refractivity contribution in [3.8, 4) is 0 Å². The van der Waals surface area contributed by atoms with Crippen LogP contribution in [0.25, 0.3) is 5.78 Å². The van der Waals surface area contributed by atoms with Gasteiger partial charge in [-0.15, -0.1) is 15.3 Å². The highest BCUT2D eigenvalue weighted by Crippen LogP contribution is 1.93. The lowest BCUT2D eigenvalue weighted by Crippen LogP contribution is -1.98. The smallest absolute Gasteiger partial charge is 0.271 e. The van der Waals surface area contributed by atoms with Gasteiger partial charge in [-0.3, -0.25) is 0 Å². The molecule has 0 radical (unpaired) electrons. The highest BCUT2D eigenvalue weighted by Gasteiger charge is 1.94. The molecule has 6 nitrogen and oxygen atoms in total. The molecule has 2 aromatic heterocycles. The lowest BCUT2D eigenvalue weighted by molar-refractivity contribution is 0.908. The normalized spacial score (nSPS) is 10.4. The molecular formula is C4H4N6. The van der Waals surface area contributed by atoms with Gasteiger partial charge < -0.3 is 5.73 Å². The van der Waals surface area contributed by atoms with Gasteiger partial charge in [-0.05, 0) is 0 Å². The fraction of sp³-hybridized carbons (Fsp3) is 0. The first kappa shape index (κ1) is 5.10. The molecule has 0 aliphatic rings. The predicted molar refractivity (Wildman–Crippen MR) is 33.0 cm³/mol. The molecular weight excluding hydrogens is 132 g/mol. The topological polar surface area (TPSA) is 82.0 Å². The fourth-order valence-corrected chi connectivity index (χ4v) is 0.653. The van der Waals surface area contributed by atoms with E-state index in [2.05, 4.69) is 20.3 Å². The van der Waals surface area contributed by atoms with Crippen molar-refractivity contribution in [1.29, 1.82) is 0 Å². The number of nitrogens with two attached hydrogens (primary N) is 1. The molecule has 0 bridgehead atoms. The van der Waals surface area contributed by atoms with E-state index >= 15 is 0 Å². The minimum Gasteiger partial charge on any atom is -0.381 e. The second-order valence-corrected chi connectivity index (χ2v) is 1.76. The van der Waals surface area contributed by atoms with Crippen LogP contribution in [0.2, 0.25) is 0 Å². The molecule has 0 aromatic carbocycles. The van der Waals surface area contributed by atoms with Crippen LogP contribution in [-0.2, 0) is 0 Å². The zero-order valence-electron chi connectivity index (χ0n) is 4.97. The molecule has 0 saturated heterocycles. The number of hydrogen-bond acceptors (Lipinski definition) is 5. The third-order valence-electron chi connectivity index (χ3n) is 1.05. The molecule has 0 fully saturated rings. The van der Waals surface area contributed by atoms with Crippen LogP contribution < -0.4 is 5.73 Å². The van der Waals surface area contributed by atoms with Crippen LogP contribution in [0.1, 0.15) is 0 Å². The van der Waals surface area contributed by atoms with Crippen LogP contribution in [0.5, 0.6) is 0 Å². The summed E-state index contributed by atoms with van der Waals surface area (Å²) in [4.78, 5) is 3.84. The fourth-order valence-electron chi connectivity index (χ4n) is 0.653. The van der Waals surface area contributed by atoms with Gasteiger partial charge in [0.15, 0.2) is 5.82 Å². The summed E-state index contributed by atoms with van der Waals surface area (Å²) >= 11 is 0. The van der Waals surface area contributed by atoms with Crippen LogP contribution >= 0.6 is 0 Å².